The van der Waals surface area contributed by atoms with Crippen molar-refractivity contribution in [3.05, 3.63) is 59.4 Å². The first-order valence-corrected chi connectivity index (χ1v) is 7.44. The summed E-state index contributed by atoms with van der Waals surface area (Å²) in [5.41, 5.74) is 1.95. The minimum absolute atomic E-state index is 0.225. The Balaban J connectivity index is 2.00. The number of rotatable bonds is 5. The van der Waals surface area contributed by atoms with Crippen molar-refractivity contribution in [2.45, 2.75) is 38.2 Å². The van der Waals surface area contributed by atoms with Crippen LogP contribution >= 0.6 is 0 Å². The Bertz CT molecular complexity index is 635. The van der Waals surface area contributed by atoms with Crippen LogP contribution in [-0.4, -0.2) is 5.11 Å². The van der Waals surface area contributed by atoms with Crippen LogP contribution in [0.25, 0.3) is 0 Å². The van der Waals surface area contributed by atoms with Crippen LogP contribution in [-0.2, 0) is 0 Å². The molecule has 110 valence electrons. The normalized spacial score (nSPS) is 15.8. The molecule has 0 bridgehead atoms. The molecule has 2 aromatic rings. The van der Waals surface area contributed by atoms with E-state index in [2.05, 4.69) is 0 Å². The first kappa shape index (κ1) is 14.1. The maximum atomic E-state index is 13.8. The average Bonchev–Trinajstić information content (AvgIpc) is 3.33. The molecule has 1 saturated carbocycles. The lowest BCUT2D eigenvalue weighted by atomic mass is 9.96. The number of hydrogen-bond acceptors (Lipinski definition) is 2. The van der Waals surface area contributed by atoms with Gasteiger partial charge in [0.05, 0.1) is 6.10 Å². The molecule has 1 unspecified atom stereocenters. The summed E-state index contributed by atoms with van der Waals surface area (Å²) in [4.78, 5) is 0. The fourth-order valence-corrected chi connectivity index (χ4v) is 2.62. The molecule has 3 rings (SSSR count). The van der Waals surface area contributed by atoms with Crippen molar-refractivity contribution >= 4 is 0 Å². The van der Waals surface area contributed by atoms with Crippen molar-refractivity contribution in [3.63, 3.8) is 0 Å². The smallest absolute Gasteiger partial charge is 0.165 e. The number of para-hydroxylation sites is 1. The summed E-state index contributed by atoms with van der Waals surface area (Å²) in [6, 6.07) is 12.0. The summed E-state index contributed by atoms with van der Waals surface area (Å²) in [7, 11) is 0. The van der Waals surface area contributed by atoms with Gasteiger partial charge in [-0.15, -0.1) is 0 Å². The van der Waals surface area contributed by atoms with E-state index in [9.17, 15) is 9.50 Å². The van der Waals surface area contributed by atoms with Crippen LogP contribution in [0, 0.1) is 5.82 Å². The molecular weight excluding hydrogens is 267 g/mol. The topological polar surface area (TPSA) is 29.5 Å². The largest absolute Gasteiger partial charge is 0.454 e. The second-order valence-corrected chi connectivity index (χ2v) is 5.49. The van der Waals surface area contributed by atoms with Crippen LogP contribution in [0.15, 0.2) is 42.5 Å². The molecule has 21 heavy (non-hydrogen) atoms. The zero-order valence-electron chi connectivity index (χ0n) is 12.1. The van der Waals surface area contributed by atoms with Crippen LogP contribution in [0.3, 0.4) is 0 Å². The van der Waals surface area contributed by atoms with Gasteiger partial charge in [0.2, 0.25) is 0 Å². The SMILES string of the molecule is CCC(O)c1cccc(Oc2ccccc2F)c1C1CC1. The third kappa shape index (κ3) is 2.93. The highest BCUT2D eigenvalue weighted by Crippen LogP contribution is 2.48. The Morgan fingerprint density at radius 2 is 1.86 bits per heavy atom. The minimum atomic E-state index is -0.496. The van der Waals surface area contributed by atoms with Gasteiger partial charge in [0.1, 0.15) is 5.75 Å². The molecule has 0 saturated heterocycles. The zero-order chi connectivity index (χ0) is 14.8. The van der Waals surface area contributed by atoms with Crippen LogP contribution < -0.4 is 4.74 Å². The highest BCUT2D eigenvalue weighted by Gasteiger charge is 2.31. The molecule has 1 aliphatic rings. The van der Waals surface area contributed by atoms with Crippen molar-refractivity contribution in [2.75, 3.05) is 0 Å². The van der Waals surface area contributed by atoms with E-state index in [1.54, 1.807) is 18.2 Å². The Labute approximate surface area is 124 Å². The molecule has 0 radical (unpaired) electrons. The van der Waals surface area contributed by atoms with E-state index in [-0.39, 0.29) is 11.6 Å². The quantitative estimate of drug-likeness (QED) is 0.843. The highest BCUT2D eigenvalue weighted by molar-refractivity contribution is 5.48. The lowest BCUT2D eigenvalue weighted by Gasteiger charge is -2.18. The molecule has 1 fully saturated rings. The highest BCUT2D eigenvalue weighted by atomic mass is 19.1. The number of ether oxygens (including phenoxy) is 1. The van der Waals surface area contributed by atoms with Gasteiger partial charge in [0.15, 0.2) is 11.6 Å². The third-order valence-electron chi connectivity index (χ3n) is 3.89. The predicted octanol–water partition coefficient (Wildman–Crippen LogP) is 4.94. The molecule has 0 heterocycles. The van der Waals surface area contributed by atoms with Crippen LogP contribution in [0.4, 0.5) is 4.39 Å². The summed E-state index contributed by atoms with van der Waals surface area (Å²) in [6.45, 7) is 1.95. The van der Waals surface area contributed by atoms with Gasteiger partial charge in [-0.05, 0) is 48.9 Å². The maximum Gasteiger partial charge on any atom is 0.165 e. The van der Waals surface area contributed by atoms with Gasteiger partial charge in [0.25, 0.3) is 0 Å². The Hall–Kier alpha value is -1.87. The number of benzene rings is 2. The van der Waals surface area contributed by atoms with Gasteiger partial charge >= 0.3 is 0 Å². The van der Waals surface area contributed by atoms with E-state index >= 15 is 0 Å². The number of hydrogen-bond donors (Lipinski definition) is 1. The monoisotopic (exact) mass is 286 g/mol. The molecule has 1 aliphatic carbocycles. The zero-order valence-corrected chi connectivity index (χ0v) is 12.1. The molecule has 0 aromatic heterocycles. The molecule has 1 N–H and O–H groups in total. The molecule has 0 spiro atoms. The molecule has 0 aliphatic heterocycles. The fraction of sp³-hybridized carbons (Fsp3) is 0.333. The van der Waals surface area contributed by atoms with E-state index in [0.29, 0.717) is 18.1 Å². The van der Waals surface area contributed by atoms with Gasteiger partial charge in [0, 0.05) is 5.56 Å². The van der Waals surface area contributed by atoms with Gasteiger partial charge in [-0.3, -0.25) is 0 Å². The second-order valence-electron chi connectivity index (χ2n) is 5.49. The van der Waals surface area contributed by atoms with Gasteiger partial charge in [-0.25, -0.2) is 4.39 Å². The van der Waals surface area contributed by atoms with E-state index in [1.807, 2.05) is 25.1 Å². The lowest BCUT2D eigenvalue weighted by Crippen LogP contribution is -2.02. The van der Waals surface area contributed by atoms with Crippen LogP contribution in [0.2, 0.25) is 0 Å². The first-order chi connectivity index (χ1) is 10.2. The summed E-state index contributed by atoms with van der Waals surface area (Å²) >= 11 is 0. The molecule has 0 amide bonds. The van der Waals surface area contributed by atoms with E-state index < -0.39 is 6.10 Å². The van der Waals surface area contributed by atoms with Crippen LogP contribution in [0.1, 0.15) is 49.3 Å². The summed E-state index contributed by atoms with van der Waals surface area (Å²) < 4.78 is 19.6. The summed E-state index contributed by atoms with van der Waals surface area (Å²) in [6.07, 6.45) is 2.36. The van der Waals surface area contributed by atoms with Crippen molar-refractivity contribution in [3.8, 4) is 11.5 Å². The lowest BCUT2D eigenvalue weighted by molar-refractivity contribution is 0.172. The maximum absolute atomic E-state index is 13.8. The van der Waals surface area contributed by atoms with E-state index in [1.165, 1.54) is 6.07 Å². The van der Waals surface area contributed by atoms with E-state index in [0.717, 1.165) is 24.0 Å². The van der Waals surface area contributed by atoms with Crippen molar-refractivity contribution in [1.82, 2.24) is 0 Å². The van der Waals surface area contributed by atoms with Gasteiger partial charge in [-0.2, -0.15) is 0 Å². The second kappa shape index (κ2) is 5.86. The summed E-state index contributed by atoms with van der Waals surface area (Å²) in [5, 5.41) is 10.2. The van der Waals surface area contributed by atoms with Gasteiger partial charge < -0.3 is 9.84 Å². The molecular formula is C18H19FO2. The van der Waals surface area contributed by atoms with E-state index in [4.69, 9.17) is 4.74 Å². The molecule has 3 heteroatoms. The van der Waals surface area contributed by atoms with Crippen LogP contribution in [0.5, 0.6) is 11.5 Å². The molecule has 1 atom stereocenters. The predicted molar refractivity (Wildman–Crippen MR) is 80.1 cm³/mol. The van der Waals surface area contributed by atoms with Crippen molar-refractivity contribution in [2.24, 2.45) is 0 Å². The number of halogens is 1. The van der Waals surface area contributed by atoms with Gasteiger partial charge in [-0.1, -0.05) is 31.2 Å². The first-order valence-electron chi connectivity index (χ1n) is 7.44. The Kier molecular flexibility index (Phi) is 3.93. The average molecular weight is 286 g/mol. The minimum Gasteiger partial charge on any atom is -0.454 e. The Morgan fingerprint density at radius 3 is 2.52 bits per heavy atom. The van der Waals surface area contributed by atoms with Crippen molar-refractivity contribution in [1.29, 1.82) is 0 Å². The number of aliphatic hydroxyl groups excluding tert-OH is 1. The Morgan fingerprint density at radius 1 is 1.14 bits per heavy atom. The standard InChI is InChI=1S/C18H19FO2/c1-2-15(20)13-6-5-9-17(18(13)12-10-11-12)21-16-8-4-3-7-14(16)19/h3-9,12,15,20H,2,10-11H2,1H3. The fourth-order valence-electron chi connectivity index (χ4n) is 2.62. The molecule has 2 aromatic carbocycles. The molecule has 2 nitrogen and oxygen atoms in total. The van der Waals surface area contributed by atoms with Crippen molar-refractivity contribution < 1.29 is 14.2 Å². The summed E-state index contributed by atoms with van der Waals surface area (Å²) in [5.74, 6) is 0.931. The third-order valence-corrected chi connectivity index (χ3v) is 3.89. The number of aliphatic hydroxyl groups is 1.